The maximum absolute atomic E-state index is 12.9. The van der Waals surface area contributed by atoms with Gasteiger partial charge >= 0.3 is 5.97 Å². The monoisotopic (exact) mass is 1440 g/mol. The van der Waals surface area contributed by atoms with Crippen molar-refractivity contribution in [1.29, 1.82) is 0 Å². The van der Waals surface area contributed by atoms with Gasteiger partial charge in [-0.2, -0.15) is 0 Å². The predicted octanol–water partition coefficient (Wildman–Crippen LogP) is 22.8. The SMILES string of the molecule is CCCCC/C=C\C/C=C\CCCCCCC(O)CN(CCCCC(=O)OCCN1CCN(CCSSCCCN(CC(O)CCCCCC/C=C\C/C=C\CCCCC)CC(O)CCCCCC/C=C\C/C=C\CCCCC)CC1)CC(O)CCCCCC/C=C\C/C=C\CCCCC. The minimum absolute atomic E-state index is 0.127. The molecule has 10 nitrogen and oxygen atoms in total. The largest absolute Gasteiger partial charge is 0.464 e. The molecule has 0 aromatic heterocycles. The molecule has 0 aliphatic carbocycles. The van der Waals surface area contributed by atoms with Crippen molar-refractivity contribution >= 4 is 27.6 Å². The molecule has 1 fully saturated rings. The van der Waals surface area contributed by atoms with Gasteiger partial charge in [-0.15, -0.1) is 0 Å². The molecule has 12 heteroatoms. The minimum Gasteiger partial charge on any atom is -0.464 e. The van der Waals surface area contributed by atoms with Crippen molar-refractivity contribution in [2.24, 2.45) is 0 Å². The van der Waals surface area contributed by atoms with Crippen LogP contribution < -0.4 is 0 Å². The number of esters is 1. The van der Waals surface area contributed by atoms with Crippen LogP contribution in [-0.4, -0.2) is 167 Å². The predicted molar refractivity (Wildman–Crippen MR) is 443 cm³/mol. The summed E-state index contributed by atoms with van der Waals surface area (Å²) in [5, 5.41) is 44.8. The first kappa shape index (κ1) is 95.8. The molecule has 0 aromatic carbocycles. The Morgan fingerprint density at radius 1 is 0.340 bits per heavy atom. The van der Waals surface area contributed by atoms with Gasteiger partial charge in [0.15, 0.2) is 0 Å². The molecule has 4 unspecified atom stereocenters. The number of unbranched alkanes of at least 4 members (excludes halogenated alkanes) is 29. The van der Waals surface area contributed by atoms with Gasteiger partial charge in [-0.05, 0) is 186 Å². The Morgan fingerprint density at radius 2 is 0.620 bits per heavy atom. The zero-order valence-corrected chi connectivity index (χ0v) is 67.4. The zero-order valence-electron chi connectivity index (χ0n) is 65.8. The lowest BCUT2D eigenvalue weighted by atomic mass is 10.1. The third kappa shape index (κ3) is 70.1. The summed E-state index contributed by atoms with van der Waals surface area (Å²) in [4.78, 5) is 22.5. The number of aliphatic hydroxyl groups excluding tert-OH is 4. The number of allylic oxidation sites excluding steroid dienone is 16. The molecule has 100 heavy (non-hydrogen) atoms. The second-order valence-corrected chi connectivity index (χ2v) is 31.9. The highest BCUT2D eigenvalue weighted by Gasteiger charge is 2.20. The molecule has 0 amide bonds. The summed E-state index contributed by atoms with van der Waals surface area (Å²) in [5.41, 5.74) is 0. The molecule has 582 valence electrons. The van der Waals surface area contributed by atoms with Gasteiger partial charge < -0.3 is 25.2 Å². The van der Waals surface area contributed by atoms with E-state index in [0.717, 1.165) is 212 Å². The summed E-state index contributed by atoms with van der Waals surface area (Å²) in [6, 6.07) is 0. The Morgan fingerprint density at radius 3 is 0.940 bits per heavy atom. The van der Waals surface area contributed by atoms with Crippen molar-refractivity contribution in [2.45, 2.75) is 360 Å². The lowest BCUT2D eigenvalue weighted by molar-refractivity contribution is -0.144. The van der Waals surface area contributed by atoms with Crippen LogP contribution in [0.2, 0.25) is 0 Å². The van der Waals surface area contributed by atoms with Crippen LogP contribution in [0.4, 0.5) is 0 Å². The number of nitrogens with zero attached hydrogens (tertiary/aromatic N) is 4. The van der Waals surface area contributed by atoms with Gasteiger partial charge in [-0.25, -0.2) is 0 Å². The van der Waals surface area contributed by atoms with E-state index >= 15 is 0 Å². The molecule has 1 saturated heterocycles. The van der Waals surface area contributed by atoms with Gasteiger partial charge in [0.25, 0.3) is 0 Å². The normalized spacial score (nSPS) is 15.1. The third-order valence-corrected chi connectivity index (χ3v) is 21.8. The van der Waals surface area contributed by atoms with E-state index in [9.17, 15) is 25.2 Å². The maximum atomic E-state index is 12.9. The van der Waals surface area contributed by atoms with Crippen LogP contribution >= 0.6 is 21.6 Å². The summed E-state index contributed by atoms with van der Waals surface area (Å²) in [6.45, 7) is 19.4. The number of carbonyl (C=O) groups excluding carboxylic acids is 1. The Hall–Kier alpha value is -2.23. The zero-order chi connectivity index (χ0) is 72.2. The van der Waals surface area contributed by atoms with Gasteiger partial charge in [-0.3, -0.25) is 24.4 Å². The summed E-state index contributed by atoms with van der Waals surface area (Å²) < 4.78 is 5.76. The highest BCUT2D eigenvalue weighted by molar-refractivity contribution is 8.76. The number of rotatable bonds is 76. The number of piperazine rings is 1. The van der Waals surface area contributed by atoms with Crippen LogP contribution in [-0.2, 0) is 9.53 Å². The average molecular weight is 1440 g/mol. The molecule has 1 rings (SSSR count). The number of ether oxygens (including phenoxy) is 1. The number of aliphatic hydroxyl groups is 4. The molecule has 1 heterocycles. The molecule has 0 saturated carbocycles. The molecule has 4 atom stereocenters. The van der Waals surface area contributed by atoms with Crippen molar-refractivity contribution in [3.63, 3.8) is 0 Å². The van der Waals surface area contributed by atoms with E-state index in [4.69, 9.17) is 4.74 Å². The number of carbonyl (C=O) groups is 1. The molecule has 1 aliphatic heterocycles. The van der Waals surface area contributed by atoms with Gasteiger partial charge in [0.05, 0.1) is 24.4 Å². The van der Waals surface area contributed by atoms with Crippen LogP contribution in [0.5, 0.6) is 0 Å². The van der Waals surface area contributed by atoms with Crippen molar-refractivity contribution in [1.82, 2.24) is 19.6 Å². The maximum Gasteiger partial charge on any atom is 0.305 e. The van der Waals surface area contributed by atoms with E-state index in [2.05, 4.69) is 145 Å². The topological polar surface area (TPSA) is 120 Å². The first-order valence-electron chi connectivity index (χ1n) is 42.4. The fourth-order valence-electron chi connectivity index (χ4n) is 13.0. The average Bonchev–Trinajstić information content (AvgIpc) is 1.19. The van der Waals surface area contributed by atoms with Crippen LogP contribution in [0.3, 0.4) is 0 Å². The first-order valence-corrected chi connectivity index (χ1v) is 44.9. The Labute approximate surface area is 627 Å². The summed E-state index contributed by atoms with van der Waals surface area (Å²) in [6.07, 6.45) is 89.2. The van der Waals surface area contributed by atoms with Crippen LogP contribution in [0.1, 0.15) is 336 Å². The summed E-state index contributed by atoms with van der Waals surface area (Å²) in [7, 11) is 3.93. The van der Waals surface area contributed by atoms with Crippen molar-refractivity contribution in [2.75, 3.05) is 96.6 Å². The second kappa shape index (κ2) is 77.9. The lowest BCUT2D eigenvalue weighted by Gasteiger charge is -2.34. The number of hydrogen-bond donors (Lipinski definition) is 4. The van der Waals surface area contributed by atoms with E-state index in [1.165, 1.54) is 154 Å². The lowest BCUT2D eigenvalue weighted by Crippen LogP contribution is -2.47. The van der Waals surface area contributed by atoms with E-state index in [-0.39, 0.29) is 18.2 Å². The Kier molecular flexibility index (Phi) is 74.6. The first-order chi connectivity index (χ1) is 49.2. The molecule has 0 radical (unpaired) electrons. The molecular formula is C88H162N4O6S2. The molecular weight excluding hydrogens is 1270 g/mol. The minimum atomic E-state index is -0.416. The standard InChI is InChI=1S/C88H162N4O6S2/c1-5-9-13-17-21-25-29-33-37-41-45-49-53-57-64-84(93)80-91(81-85(94)65-58-54-50-46-42-38-34-30-26-22-18-14-10-6-2)69-62-61-68-88(97)98-77-75-89-71-73-90(74-72-89)76-79-100-99-78-63-70-92(82-86(95)66-59-55-51-47-43-39-35-31-27-23-19-15-11-7-3)83-87(96)67-60-56-52-48-44-40-36-32-28-24-20-16-12-8-4/h21-28,33-40,84-87,93-96H,5-20,29-32,41-83H2,1-4H3/b25-21-,26-22-,27-23-,28-24-,37-33-,38-34-,39-35-,40-36-. The van der Waals surface area contributed by atoms with E-state index in [1.54, 1.807) is 0 Å². The van der Waals surface area contributed by atoms with Gasteiger partial charge in [0.1, 0.15) is 6.61 Å². The fourth-order valence-corrected chi connectivity index (χ4v) is 15.1. The smallest absolute Gasteiger partial charge is 0.305 e. The summed E-state index contributed by atoms with van der Waals surface area (Å²) >= 11 is 0. The number of hydrogen-bond acceptors (Lipinski definition) is 12. The second-order valence-electron chi connectivity index (χ2n) is 29.2. The molecule has 4 N–H and O–H groups in total. The van der Waals surface area contributed by atoms with E-state index in [0.29, 0.717) is 39.2 Å². The van der Waals surface area contributed by atoms with Crippen LogP contribution in [0.25, 0.3) is 0 Å². The highest BCUT2D eigenvalue weighted by atomic mass is 33.1. The fraction of sp³-hybridized carbons (Fsp3) is 0.807. The van der Waals surface area contributed by atoms with Crippen LogP contribution in [0.15, 0.2) is 97.2 Å². The van der Waals surface area contributed by atoms with Crippen molar-refractivity contribution in [3.05, 3.63) is 97.2 Å². The summed E-state index contributed by atoms with van der Waals surface area (Å²) in [5.74, 6) is 2.03. The van der Waals surface area contributed by atoms with Crippen LogP contribution in [0, 0.1) is 0 Å². The van der Waals surface area contributed by atoms with Crippen molar-refractivity contribution in [3.8, 4) is 0 Å². The van der Waals surface area contributed by atoms with Gasteiger partial charge in [0.2, 0.25) is 0 Å². The van der Waals surface area contributed by atoms with Gasteiger partial charge in [0, 0.05) is 83.4 Å². The highest BCUT2D eigenvalue weighted by Crippen LogP contribution is 2.23. The molecule has 0 aromatic rings. The molecule has 1 aliphatic rings. The quantitative estimate of drug-likeness (QED) is 0.0201. The Balaban J connectivity index is 2.47. The Bertz CT molecular complexity index is 1850. The third-order valence-electron chi connectivity index (χ3n) is 19.3. The van der Waals surface area contributed by atoms with Crippen molar-refractivity contribution < 1.29 is 30.0 Å². The molecule has 0 spiro atoms. The van der Waals surface area contributed by atoms with Gasteiger partial charge in [-0.1, -0.05) is 275 Å². The van der Waals surface area contributed by atoms with E-state index in [1.807, 2.05) is 21.6 Å². The van der Waals surface area contributed by atoms with E-state index < -0.39 is 12.2 Å². The molecule has 0 bridgehead atoms.